The molecule has 6 nitrogen and oxygen atoms in total. The van der Waals surface area contributed by atoms with Crippen molar-refractivity contribution in [2.45, 2.75) is 26.7 Å². The number of quaternary nitrogens is 1. The minimum absolute atomic E-state index is 0.262. The van der Waals surface area contributed by atoms with E-state index in [1.165, 1.54) is 0 Å². The van der Waals surface area contributed by atoms with Crippen molar-refractivity contribution in [3.63, 3.8) is 0 Å². The van der Waals surface area contributed by atoms with Gasteiger partial charge in [0.1, 0.15) is 6.54 Å². The van der Waals surface area contributed by atoms with Crippen LogP contribution in [0.3, 0.4) is 0 Å². The number of nitrogens with zero attached hydrogens (tertiary/aromatic N) is 1. The van der Waals surface area contributed by atoms with E-state index < -0.39 is 10.1 Å². The first kappa shape index (κ1) is 19.8. The van der Waals surface area contributed by atoms with Crippen molar-refractivity contribution < 1.29 is 26.9 Å². The van der Waals surface area contributed by atoms with E-state index in [-0.39, 0.29) is 5.75 Å². The molecule has 0 fully saturated rings. The fourth-order valence-electron chi connectivity index (χ4n) is 1.85. The third kappa shape index (κ3) is 11.6. The van der Waals surface area contributed by atoms with Gasteiger partial charge in [0.05, 0.1) is 50.1 Å². The predicted molar refractivity (Wildman–Crippen MR) is 77.6 cm³/mol. The zero-order chi connectivity index (χ0) is 15.5. The summed E-state index contributed by atoms with van der Waals surface area (Å²) in [6.45, 7) is 9.34. The van der Waals surface area contributed by atoms with Gasteiger partial charge in [-0.2, -0.15) is 0 Å². The third-order valence-electron chi connectivity index (χ3n) is 3.46. The first-order valence-electron chi connectivity index (χ1n) is 7.25. The fourth-order valence-corrected chi connectivity index (χ4v) is 2.41. The largest absolute Gasteiger partial charge is 0.748 e. The predicted octanol–water partition coefficient (Wildman–Crippen LogP) is 0.831. The van der Waals surface area contributed by atoms with Gasteiger partial charge >= 0.3 is 0 Å². The lowest BCUT2D eigenvalue weighted by atomic mass is 10.2. The van der Waals surface area contributed by atoms with Gasteiger partial charge in [0.2, 0.25) is 0 Å². The van der Waals surface area contributed by atoms with Crippen molar-refractivity contribution in [2.24, 2.45) is 0 Å². The van der Waals surface area contributed by atoms with E-state index in [9.17, 15) is 13.0 Å². The molecule has 0 aromatic heterocycles. The van der Waals surface area contributed by atoms with Gasteiger partial charge in [-0.1, -0.05) is 0 Å². The first-order valence-corrected chi connectivity index (χ1v) is 8.83. The molecule has 0 saturated heterocycles. The lowest BCUT2D eigenvalue weighted by molar-refractivity contribution is -0.908. The second-order valence-corrected chi connectivity index (χ2v) is 6.68. The molecule has 122 valence electrons. The van der Waals surface area contributed by atoms with Crippen molar-refractivity contribution >= 4 is 10.1 Å². The standard InChI is InChI=1S/C13H29NO5S/c1-4-14(3,8-6-7-13-20(15,16)17)9-10-19-12-11-18-5-2/h4-13H2,1-3H3. The summed E-state index contributed by atoms with van der Waals surface area (Å²) < 4.78 is 43.1. The lowest BCUT2D eigenvalue weighted by Crippen LogP contribution is -2.47. The number of likely N-dealkylation sites (N-methyl/N-ethyl adjacent to an activating group) is 1. The van der Waals surface area contributed by atoms with Crippen LogP contribution in [0.15, 0.2) is 0 Å². The van der Waals surface area contributed by atoms with Gasteiger partial charge in [-0.15, -0.1) is 0 Å². The molecule has 0 heterocycles. The average Bonchev–Trinajstić information content (AvgIpc) is 2.38. The van der Waals surface area contributed by atoms with E-state index in [0.717, 1.165) is 30.5 Å². The number of ether oxygens (including phenoxy) is 2. The molecule has 0 spiro atoms. The van der Waals surface area contributed by atoms with Gasteiger partial charge < -0.3 is 18.5 Å². The number of hydrogen-bond acceptors (Lipinski definition) is 5. The molecule has 0 aliphatic carbocycles. The summed E-state index contributed by atoms with van der Waals surface area (Å²) in [6, 6.07) is 0. The Bertz CT molecular complexity index is 334. The highest BCUT2D eigenvalue weighted by Gasteiger charge is 2.18. The summed E-state index contributed by atoms with van der Waals surface area (Å²) in [4.78, 5) is 0. The average molecular weight is 311 g/mol. The Labute approximate surface area is 123 Å². The van der Waals surface area contributed by atoms with Gasteiger partial charge in [-0.3, -0.25) is 0 Å². The number of rotatable bonds is 13. The molecular formula is C13H29NO5S. The van der Waals surface area contributed by atoms with Crippen LogP contribution in [0.1, 0.15) is 26.7 Å². The smallest absolute Gasteiger partial charge is 0.102 e. The molecule has 0 amide bonds. The lowest BCUT2D eigenvalue weighted by Gasteiger charge is -2.33. The van der Waals surface area contributed by atoms with Crippen LogP contribution < -0.4 is 0 Å². The molecule has 0 saturated carbocycles. The van der Waals surface area contributed by atoms with Crippen LogP contribution in [-0.4, -0.2) is 76.3 Å². The Hall–Kier alpha value is -0.210. The van der Waals surface area contributed by atoms with Crippen LogP contribution in [-0.2, 0) is 19.6 Å². The summed E-state index contributed by atoms with van der Waals surface area (Å²) in [5.74, 6) is -0.262. The zero-order valence-corrected chi connectivity index (χ0v) is 13.8. The molecule has 0 rings (SSSR count). The molecule has 0 radical (unpaired) electrons. The van der Waals surface area contributed by atoms with E-state index in [4.69, 9.17) is 9.47 Å². The molecule has 0 bridgehead atoms. The van der Waals surface area contributed by atoms with E-state index >= 15 is 0 Å². The summed E-state index contributed by atoms with van der Waals surface area (Å²) in [6.07, 6.45) is 1.18. The second-order valence-electron chi connectivity index (χ2n) is 5.16. The summed E-state index contributed by atoms with van der Waals surface area (Å²) in [5, 5.41) is 0. The van der Waals surface area contributed by atoms with Gasteiger partial charge in [0.25, 0.3) is 0 Å². The van der Waals surface area contributed by atoms with Crippen LogP contribution in [0.25, 0.3) is 0 Å². The van der Waals surface area contributed by atoms with E-state index in [1.54, 1.807) is 0 Å². The van der Waals surface area contributed by atoms with Crippen LogP contribution in [0, 0.1) is 0 Å². The maximum Gasteiger partial charge on any atom is 0.102 e. The first-order chi connectivity index (χ1) is 9.33. The van der Waals surface area contributed by atoms with E-state index in [1.807, 2.05) is 6.92 Å². The Morgan fingerprint density at radius 2 is 1.65 bits per heavy atom. The molecule has 7 heteroatoms. The molecule has 1 unspecified atom stereocenters. The van der Waals surface area contributed by atoms with Gasteiger partial charge in [0.15, 0.2) is 0 Å². The fraction of sp³-hybridized carbons (Fsp3) is 1.00. The Kier molecular flexibility index (Phi) is 10.4. The number of unbranched alkanes of at least 4 members (excludes halogenated alkanes) is 1. The van der Waals surface area contributed by atoms with Gasteiger partial charge in [0, 0.05) is 12.4 Å². The highest BCUT2D eigenvalue weighted by molar-refractivity contribution is 7.85. The van der Waals surface area contributed by atoms with Crippen LogP contribution >= 0.6 is 0 Å². The summed E-state index contributed by atoms with van der Waals surface area (Å²) >= 11 is 0. The normalized spacial score (nSPS) is 15.2. The molecule has 0 N–H and O–H groups in total. The quantitative estimate of drug-likeness (QED) is 0.286. The topological polar surface area (TPSA) is 75.7 Å². The van der Waals surface area contributed by atoms with Crippen LogP contribution in [0.5, 0.6) is 0 Å². The Morgan fingerprint density at radius 1 is 1.00 bits per heavy atom. The van der Waals surface area contributed by atoms with E-state index in [0.29, 0.717) is 32.8 Å². The molecule has 1 atom stereocenters. The van der Waals surface area contributed by atoms with Crippen LogP contribution in [0.2, 0.25) is 0 Å². The van der Waals surface area contributed by atoms with Crippen molar-refractivity contribution in [3.05, 3.63) is 0 Å². The minimum atomic E-state index is -4.07. The highest BCUT2D eigenvalue weighted by atomic mass is 32.2. The van der Waals surface area contributed by atoms with Crippen molar-refractivity contribution in [1.82, 2.24) is 0 Å². The van der Waals surface area contributed by atoms with Crippen molar-refractivity contribution in [2.75, 3.05) is 58.9 Å². The summed E-state index contributed by atoms with van der Waals surface area (Å²) in [5.41, 5.74) is 0. The molecule has 0 aliphatic heterocycles. The van der Waals surface area contributed by atoms with Crippen molar-refractivity contribution in [1.29, 1.82) is 0 Å². The SMILES string of the molecule is CCOCCOCC[N+](C)(CC)CCCCS(=O)(=O)[O-]. The molecule has 0 aromatic rings. The monoisotopic (exact) mass is 311 g/mol. The highest BCUT2D eigenvalue weighted by Crippen LogP contribution is 2.06. The Balaban J connectivity index is 3.78. The second kappa shape index (κ2) is 10.5. The molecule has 0 aliphatic rings. The number of hydrogen-bond donors (Lipinski definition) is 0. The van der Waals surface area contributed by atoms with Crippen molar-refractivity contribution in [3.8, 4) is 0 Å². The van der Waals surface area contributed by atoms with Crippen LogP contribution in [0.4, 0.5) is 0 Å². The minimum Gasteiger partial charge on any atom is -0.748 e. The maximum atomic E-state index is 10.5. The molecule has 20 heavy (non-hydrogen) atoms. The summed E-state index contributed by atoms with van der Waals surface area (Å²) in [7, 11) is -1.95. The molecular weight excluding hydrogens is 282 g/mol. The van der Waals surface area contributed by atoms with Gasteiger partial charge in [-0.25, -0.2) is 8.42 Å². The third-order valence-corrected chi connectivity index (χ3v) is 4.25. The van der Waals surface area contributed by atoms with Gasteiger partial charge in [-0.05, 0) is 26.7 Å². The van der Waals surface area contributed by atoms with E-state index in [2.05, 4.69) is 14.0 Å². The maximum absolute atomic E-state index is 10.5. The zero-order valence-electron chi connectivity index (χ0n) is 13.0. The molecule has 0 aromatic carbocycles. The Morgan fingerprint density at radius 3 is 2.20 bits per heavy atom.